The van der Waals surface area contributed by atoms with E-state index in [1.54, 1.807) is 6.08 Å². The number of hydrogen-bond acceptors (Lipinski definition) is 3. The van der Waals surface area contributed by atoms with Crippen LogP contribution in [0, 0.1) is 5.92 Å². The fourth-order valence-electron chi connectivity index (χ4n) is 3.13. The van der Waals surface area contributed by atoms with Gasteiger partial charge in [-0.2, -0.15) is 0 Å². The second-order valence-electron chi connectivity index (χ2n) is 5.39. The normalized spacial score (nSPS) is 28.6. The lowest BCUT2D eigenvalue weighted by atomic mass is 10.0. The van der Waals surface area contributed by atoms with Gasteiger partial charge in [-0.05, 0) is 12.1 Å². The molecule has 2 aliphatic rings. The third-order valence-electron chi connectivity index (χ3n) is 4.20. The summed E-state index contributed by atoms with van der Waals surface area (Å²) in [6, 6.07) is 3.87. The first kappa shape index (κ1) is 13.4. The molecule has 0 saturated carbocycles. The van der Waals surface area contributed by atoms with Gasteiger partial charge in [0.25, 0.3) is 5.91 Å². The van der Waals surface area contributed by atoms with E-state index < -0.39 is 0 Å². The Morgan fingerprint density at radius 3 is 3.15 bits per heavy atom. The number of rotatable bonds is 4. The van der Waals surface area contributed by atoms with Crippen molar-refractivity contribution in [2.45, 2.75) is 12.1 Å². The molecule has 2 fully saturated rings. The topological polar surface area (TPSA) is 43.7 Å². The first-order valence-electron chi connectivity index (χ1n) is 6.95. The van der Waals surface area contributed by atoms with Gasteiger partial charge in [0.2, 0.25) is 0 Å². The van der Waals surface area contributed by atoms with Crippen LogP contribution in [0.3, 0.4) is 0 Å². The van der Waals surface area contributed by atoms with Gasteiger partial charge in [0.05, 0.1) is 32.0 Å². The Morgan fingerprint density at radius 1 is 1.60 bits per heavy atom. The minimum Gasteiger partial charge on any atom is -0.379 e. The van der Waals surface area contributed by atoms with Gasteiger partial charge < -0.3 is 18.9 Å². The van der Waals surface area contributed by atoms with Crippen LogP contribution in [0.1, 0.15) is 10.5 Å². The van der Waals surface area contributed by atoms with Gasteiger partial charge >= 0.3 is 0 Å². The summed E-state index contributed by atoms with van der Waals surface area (Å²) in [6.07, 6.45) is 3.68. The summed E-state index contributed by atoms with van der Waals surface area (Å²) in [5.74, 6) is 0.335. The molecule has 0 unspecified atom stereocenters. The van der Waals surface area contributed by atoms with E-state index in [1.807, 2.05) is 34.8 Å². The quantitative estimate of drug-likeness (QED) is 0.773. The Hall–Kier alpha value is -1.59. The molecule has 2 saturated heterocycles. The predicted molar refractivity (Wildman–Crippen MR) is 74.5 cm³/mol. The number of fused-ring (bicyclic) bond motifs is 1. The summed E-state index contributed by atoms with van der Waals surface area (Å²) in [5.41, 5.74) is 0.708. The fourth-order valence-corrected chi connectivity index (χ4v) is 3.13. The average Bonchev–Trinajstić information content (AvgIpc) is 3.11. The molecule has 20 heavy (non-hydrogen) atoms. The molecule has 1 aromatic heterocycles. The monoisotopic (exact) mass is 276 g/mol. The van der Waals surface area contributed by atoms with E-state index in [2.05, 4.69) is 6.58 Å². The van der Waals surface area contributed by atoms with E-state index in [0.717, 1.165) is 0 Å². The Morgan fingerprint density at radius 2 is 2.45 bits per heavy atom. The van der Waals surface area contributed by atoms with Crippen LogP contribution < -0.4 is 0 Å². The van der Waals surface area contributed by atoms with Crippen molar-refractivity contribution in [2.24, 2.45) is 13.0 Å². The molecular weight excluding hydrogens is 256 g/mol. The number of hydrogen-bond donors (Lipinski definition) is 0. The van der Waals surface area contributed by atoms with Crippen LogP contribution in [0.15, 0.2) is 31.0 Å². The SMILES string of the molecule is C=CCO[C@@H]1CN(C(=O)c2cccn2C)[C@H]2COC[C@@H]12. The molecule has 3 atom stereocenters. The maximum Gasteiger partial charge on any atom is 0.270 e. The summed E-state index contributed by atoms with van der Waals surface area (Å²) < 4.78 is 13.2. The molecule has 1 aromatic rings. The molecule has 5 nitrogen and oxygen atoms in total. The van der Waals surface area contributed by atoms with Crippen molar-refractivity contribution >= 4 is 5.91 Å². The van der Waals surface area contributed by atoms with Crippen molar-refractivity contribution in [1.82, 2.24) is 9.47 Å². The fraction of sp³-hybridized carbons (Fsp3) is 0.533. The van der Waals surface area contributed by atoms with Crippen molar-refractivity contribution in [3.8, 4) is 0 Å². The highest BCUT2D eigenvalue weighted by Crippen LogP contribution is 2.33. The number of ether oxygens (including phenoxy) is 2. The number of likely N-dealkylation sites (tertiary alicyclic amines) is 1. The zero-order chi connectivity index (χ0) is 14.1. The highest BCUT2D eigenvalue weighted by Gasteiger charge is 2.48. The molecule has 1 amide bonds. The molecule has 3 rings (SSSR count). The maximum atomic E-state index is 12.7. The lowest BCUT2D eigenvalue weighted by Gasteiger charge is -2.22. The zero-order valence-corrected chi connectivity index (χ0v) is 11.7. The molecule has 3 heterocycles. The molecule has 2 aliphatic heterocycles. The second-order valence-corrected chi connectivity index (χ2v) is 5.39. The summed E-state index contributed by atoms with van der Waals surface area (Å²) in [4.78, 5) is 14.6. The van der Waals surface area contributed by atoms with Gasteiger partial charge in [-0.15, -0.1) is 6.58 Å². The number of aromatic nitrogens is 1. The predicted octanol–water partition coefficient (Wildman–Crippen LogP) is 1.07. The van der Waals surface area contributed by atoms with Crippen LogP contribution in [0.2, 0.25) is 0 Å². The molecule has 0 bridgehead atoms. The van der Waals surface area contributed by atoms with E-state index in [9.17, 15) is 4.79 Å². The van der Waals surface area contributed by atoms with Gasteiger partial charge in [-0.1, -0.05) is 6.08 Å². The molecule has 0 aromatic carbocycles. The van der Waals surface area contributed by atoms with Crippen LogP contribution in [-0.2, 0) is 16.5 Å². The molecule has 0 aliphatic carbocycles. The van der Waals surface area contributed by atoms with Gasteiger partial charge in [-0.3, -0.25) is 4.79 Å². The molecule has 0 radical (unpaired) electrons. The van der Waals surface area contributed by atoms with E-state index in [-0.39, 0.29) is 24.0 Å². The van der Waals surface area contributed by atoms with Crippen molar-refractivity contribution in [1.29, 1.82) is 0 Å². The third-order valence-corrected chi connectivity index (χ3v) is 4.20. The number of aryl methyl sites for hydroxylation is 1. The average molecular weight is 276 g/mol. The van der Waals surface area contributed by atoms with Crippen molar-refractivity contribution in [3.63, 3.8) is 0 Å². The number of nitrogens with zero attached hydrogens (tertiary/aromatic N) is 2. The van der Waals surface area contributed by atoms with Crippen LogP contribution in [0.25, 0.3) is 0 Å². The summed E-state index contributed by atoms with van der Waals surface area (Å²) in [5, 5.41) is 0. The van der Waals surface area contributed by atoms with Crippen molar-refractivity contribution in [2.75, 3.05) is 26.4 Å². The molecule has 5 heteroatoms. The van der Waals surface area contributed by atoms with Crippen LogP contribution >= 0.6 is 0 Å². The Bertz CT molecular complexity index is 511. The summed E-state index contributed by atoms with van der Waals surface area (Å²) >= 11 is 0. The van der Waals surface area contributed by atoms with Crippen LogP contribution in [0.4, 0.5) is 0 Å². The molecule has 0 N–H and O–H groups in total. The van der Waals surface area contributed by atoms with E-state index in [4.69, 9.17) is 9.47 Å². The van der Waals surface area contributed by atoms with Gasteiger partial charge in [0.1, 0.15) is 5.69 Å². The third kappa shape index (κ3) is 2.17. The number of amides is 1. The molecular formula is C15H20N2O3. The smallest absolute Gasteiger partial charge is 0.270 e. The van der Waals surface area contributed by atoms with Crippen LogP contribution in [0.5, 0.6) is 0 Å². The number of carbonyl (C=O) groups is 1. The van der Waals surface area contributed by atoms with Gasteiger partial charge in [-0.25, -0.2) is 0 Å². The zero-order valence-electron chi connectivity index (χ0n) is 11.7. The second kappa shape index (κ2) is 5.42. The van der Waals surface area contributed by atoms with E-state index in [1.165, 1.54) is 0 Å². The van der Waals surface area contributed by atoms with Crippen molar-refractivity contribution < 1.29 is 14.3 Å². The first-order valence-corrected chi connectivity index (χ1v) is 6.95. The molecule has 0 spiro atoms. The van der Waals surface area contributed by atoms with Gasteiger partial charge in [0.15, 0.2) is 0 Å². The standard InChI is InChI=1S/C15H20N2O3/c1-3-7-20-14-8-17(13-10-19-9-11(13)14)15(18)12-5-4-6-16(12)2/h3-6,11,13-14H,1,7-10H2,2H3/t11-,13+,14-/m1/s1. The Labute approximate surface area is 118 Å². The maximum absolute atomic E-state index is 12.7. The Balaban J connectivity index is 1.78. The first-order chi connectivity index (χ1) is 9.72. The molecule has 108 valence electrons. The summed E-state index contributed by atoms with van der Waals surface area (Å²) in [7, 11) is 1.89. The highest BCUT2D eigenvalue weighted by atomic mass is 16.5. The highest BCUT2D eigenvalue weighted by molar-refractivity contribution is 5.93. The van der Waals surface area contributed by atoms with E-state index >= 15 is 0 Å². The minimum absolute atomic E-state index is 0.0460. The number of carbonyl (C=O) groups excluding carboxylic acids is 1. The minimum atomic E-state index is 0.0460. The van der Waals surface area contributed by atoms with Crippen molar-refractivity contribution in [3.05, 3.63) is 36.7 Å². The van der Waals surface area contributed by atoms with Gasteiger partial charge in [0, 0.05) is 25.7 Å². The van der Waals surface area contributed by atoms with E-state index in [0.29, 0.717) is 32.1 Å². The van der Waals surface area contributed by atoms with Crippen LogP contribution in [-0.4, -0.2) is 53.9 Å². The lowest BCUT2D eigenvalue weighted by molar-refractivity contribution is 0.0328. The lowest BCUT2D eigenvalue weighted by Crippen LogP contribution is -2.38. The summed E-state index contributed by atoms with van der Waals surface area (Å²) in [6.45, 7) is 6.10. The largest absolute Gasteiger partial charge is 0.379 e. The Kier molecular flexibility index (Phi) is 3.63.